The standard InChI is InChI=1S/C7H8.4Co/c1-3-5-7-6-4-2;;;;/h1-2H,5-7H2;;;;. The van der Waals surface area contributed by atoms with Crippen LogP contribution in [0.2, 0.25) is 0 Å². The molecule has 0 heterocycles. The molecule has 0 N–H and O–H groups in total. The average Bonchev–Trinajstić information content (AvgIpc) is 1.69. The zero-order chi connectivity index (χ0) is 5.54. The Hall–Kier alpha value is 1.15. The van der Waals surface area contributed by atoms with Crippen molar-refractivity contribution in [2.75, 3.05) is 0 Å². The van der Waals surface area contributed by atoms with Crippen molar-refractivity contribution in [1.82, 2.24) is 0 Å². The molecule has 0 fully saturated rings. The molecular formula is C7H8Co4. The second kappa shape index (κ2) is 30.4. The molecule has 0 unspecified atom stereocenters. The zero-order valence-electron chi connectivity index (χ0n) is 5.61. The van der Waals surface area contributed by atoms with Crippen LogP contribution in [-0.4, -0.2) is 0 Å². The van der Waals surface area contributed by atoms with Gasteiger partial charge in [0.1, 0.15) is 0 Å². The van der Waals surface area contributed by atoms with E-state index in [-0.39, 0.29) is 67.1 Å². The van der Waals surface area contributed by atoms with E-state index in [1.807, 2.05) is 0 Å². The van der Waals surface area contributed by atoms with Crippen molar-refractivity contribution in [1.29, 1.82) is 0 Å². The van der Waals surface area contributed by atoms with Crippen LogP contribution in [0.1, 0.15) is 19.3 Å². The van der Waals surface area contributed by atoms with Gasteiger partial charge in [0.2, 0.25) is 0 Å². The van der Waals surface area contributed by atoms with Gasteiger partial charge in [0.15, 0.2) is 0 Å². The summed E-state index contributed by atoms with van der Waals surface area (Å²) in [6.07, 6.45) is 12.5. The number of unbranched alkanes of at least 4 members (excludes halogenated alkanes) is 2. The number of hydrogen-bond acceptors (Lipinski definition) is 0. The van der Waals surface area contributed by atoms with E-state index in [1.54, 1.807) is 0 Å². The van der Waals surface area contributed by atoms with E-state index in [9.17, 15) is 0 Å². The third kappa shape index (κ3) is 35.2. The Morgan fingerprint density at radius 1 is 0.727 bits per heavy atom. The van der Waals surface area contributed by atoms with Crippen molar-refractivity contribution in [3.63, 3.8) is 0 Å². The molecule has 4 radical (unpaired) electrons. The van der Waals surface area contributed by atoms with Gasteiger partial charge in [-0.25, -0.2) is 0 Å². The molecular weight excluding hydrogens is 320 g/mol. The average molecular weight is 328 g/mol. The minimum Gasteiger partial charge on any atom is -0.120 e. The Bertz CT molecular complexity index is 94.6. The fourth-order valence-electron chi connectivity index (χ4n) is 0.293. The van der Waals surface area contributed by atoms with Crippen LogP contribution in [0.25, 0.3) is 0 Å². The first-order chi connectivity index (χ1) is 3.41. The topological polar surface area (TPSA) is 0 Å². The Labute approximate surface area is 110 Å². The maximum Gasteiger partial charge on any atom is 0.00951 e. The van der Waals surface area contributed by atoms with Gasteiger partial charge < -0.3 is 0 Å². The molecule has 11 heavy (non-hydrogen) atoms. The van der Waals surface area contributed by atoms with E-state index in [2.05, 4.69) is 11.8 Å². The smallest absolute Gasteiger partial charge is 0.00951 e. The second-order valence-corrected chi connectivity index (χ2v) is 1.26. The van der Waals surface area contributed by atoms with Crippen molar-refractivity contribution < 1.29 is 67.1 Å². The van der Waals surface area contributed by atoms with E-state index < -0.39 is 0 Å². The van der Waals surface area contributed by atoms with E-state index in [1.165, 1.54) is 0 Å². The number of rotatable bonds is 2. The van der Waals surface area contributed by atoms with Crippen molar-refractivity contribution >= 4 is 0 Å². The molecule has 0 saturated carbocycles. The monoisotopic (exact) mass is 328 g/mol. The van der Waals surface area contributed by atoms with E-state index >= 15 is 0 Å². The molecule has 4 heteroatoms. The maximum atomic E-state index is 4.95. The van der Waals surface area contributed by atoms with E-state index in [4.69, 9.17) is 12.8 Å². The number of hydrogen-bond donors (Lipinski definition) is 0. The first-order valence-electron chi connectivity index (χ1n) is 2.28. The summed E-state index contributed by atoms with van der Waals surface area (Å²) >= 11 is 0. The molecule has 0 rings (SSSR count). The minimum atomic E-state index is 0. The quantitative estimate of drug-likeness (QED) is 0.531. The van der Waals surface area contributed by atoms with E-state index in [0.29, 0.717) is 0 Å². The molecule has 0 spiro atoms. The molecule has 0 aromatic carbocycles. The van der Waals surface area contributed by atoms with Crippen LogP contribution >= 0.6 is 0 Å². The van der Waals surface area contributed by atoms with Gasteiger partial charge in [0, 0.05) is 80.0 Å². The van der Waals surface area contributed by atoms with Gasteiger partial charge in [-0.05, 0) is 6.42 Å². The van der Waals surface area contributed by atoms with Crippen LogP contribution < -0.4 is 0 Å². The molecule has 0 aliphatic rings. The predicted octanol–water partition coefficient (Wildman–Crippen LogP) is 1.41. The van der Waals surface area contributed by atoms with Crippen molar-refractivity contribution in [3.8, 4) is 24.7 Å². The molecule has 0 bridgehead atoms. The van der Waals surface area contributed by atoms with Gasteiger partial charge in [0.05, 0.1) is 0 Å². The first-order valence-corrected chi connectivity index (χ1v) is 2.28. The molecule has 0 aliphatic heterocycles. The summed E-state index contributed by atoms with van der Waals surface area (Å²) in [6, 6.07) is 0. The van der Waals surface area contributed by atoms with Crippen LogP contribution in [0, 0.1) is 24.7 Å². The first kappa shape index (κ1) is 29.5. The largest absolute Gasteiger partial charge is 0.120 e. The second-order valence-electron chi connectivity index (χ2n) is 1.26. The van der Waals surface area contributed by atoms with Crippen molar-refractivity contribution in [3.05, 3.63) is 0 Å². The SMILES string of the molecule is C#CCCCC#C.[Co].[Co].[Co].[Co]. The van der Waals surface area contributed by atoms with Crippen LogP contribution in [0.3, 0.4) is 0 Å². The summed E-state index contributed by atoms with van der Waals surface area (Å²) in [4.78, 5) is 0. The predicted molar refractivity (Wildman–Crippen MR) is 31.5 cm³/mol. The Balaban J connectivity index is -0.0000000300. The molecule has 72 valence electrons. The van der Waals surface area contributed by atoms with Gasteiger partial charge in [-0.15, -0.1) is 24.7 Å². The molecule has 0 aromatic heterocycles. The minimum absolute atomic E-state index is 0. The summed E-state index contributed by atoms with van der Waals surface area (Å²) < 4.78 is 0. The normalized spacial score (nSPS) is 4.18. The van der Waals surface area contributed by atoms with Gasteiger partial charge in [-0.1, -0.05) is 0 Å². The summed E-state index contributed by atoms with van der Waals surface area (Å²) in [5, 5.41) is 0. The summed E-state index contributed by atoms with van der Waals surface area (Å²) in [6.45, 7) is 0. The summed E-state index contributed by atoms with van der Waals surface area (Å²) in [7, 11) is 0. The van der Waals surface area contributed by atoms with Crippen LogP contribution in [-0.2, 0) is 67.1 Å². The molecule has 0 atom stereocenters. The molecule has 0 aliphatic carbocycles. The van der Waals surface area contributed by atoms with Crippen molar-refractivity contribution in [2.24, 2.45) is 0 Å². The third-order valence-electron chi connectivity index (χ3n) is 0.642. The van der Waals surface area contributed by atoms with Gasteiger partial charge in [-0.3, -0.25) is 0 Å². The van der Waals surface area contributed by atoms with Gasteiger partial charge in [0.25, 0.3) is 0 Å². The molecule has 0 amide bonds. The summed E-state index contributed by atoms with van der Waals surface area (Å²) in [5.74, 6) is 5.01. The molecule has 0 saturated heterocycles. The van der Waals surface area contributed by atoms with Gasteiger partial charge >= 0.3 is 0 Å². The van der Waals surface area contributed by atoms with E-state index in [0.717, 1.165) is 19.3 Å². The fraction of sp³-hybridized carbons (Fsp3) is 0.429. The molecule has 0 nitrogen and oxygen atoms in total. The molecule has 0 aromatic rings. The Morgan fingerprint density at radius 2 is 1.00 bits per heavy atom. The number of terminal acetylenes is 2. The Kier molecular flexibility index (Phi) is 81.6. The van der Waals surface area contributed by atoms with Gasteiger partial charge in [-0.2, -0.15) is 0 Å². The summed E-state index contributed by atoms with van der Waals surface area (Å²) in [5.41, 5.74) is 0. The fourth-order valence-corrected chi connectivity index (χ4v) is 0.293. The maximum absolute atomic E-state index is 4.95. The Morgan fingerprint density at radius 3 is 1.18 bits per heavy atom. The van der Waals surface area contributed by atoms with Crippen LogP contribution in [0.5, 0.6) is 0 Å². The zero-order valence-corrected chi connectivity index (χ0v) is 9.77. The van der Waals surface area contributed by atoms with Crippen LogP contribution in [0.4, 0.5) is 0 Å². The van der Waals surface area contributed by atoms with Crippen LogP contribution in [0.15, 0.2) is 0 Å². The van der Waals surface area contributed by atoms with Crippen molar-refractivity contribution in [2.45, 2.75) is 19.3 Å². The third-order valence-corrected chi connectivity index (χ3v) is 0.642.